The first-order valence-corrected chi connectivity index (χ1v) is 11.6. The summed E-state index contributed by atoms with van der Waals surface area (Å²) in [6.07, 6.45) is 0. The average molecular weight is 463 g/mol. The number of benzene rings is 2. The summed E-state index contributed by atoms with van der Waals surface area (Å²) in [6, 6.07) is 17.9. The monoisotopic (exact) mass is 462 g/mol. The van der Waals surface area contributed by atoms with Gasteiger partial charge >= 0.3 is 0 Å². The first kappa shape index (κ1) is 21.0. The Morgan fingerprint density at radius 3 is 2.37 bits per heavy atom. The van der Waals surface area contributed by atoms with E-state index < -0.39 is 10.8 Å². The van der Waals surface area contributed by atoms with Crippen LogP contribution in [0.5, 0.6) is 0 Å². The summed E-state index contributed by atoms with van der Waals surface area (Å²) in [7, 11) is -1.27. The van der Waals surface area contributed by atoms with Crippen molar-refractivity contribution < 1.29 is 13.4 Å². The number of furan rings is 1. The Kier molecular flexibility index (Phi) is 6.46. The van der Waals surface area contributed by atoms with Gasteiger partial charge in [0, 0.05) is 46.8 Å². The highest BCUT2D eigenvalue weighted by molar-refractivity contribution is 7.84. The number of carbonyl (C=O) groups excluding carboxylic acids is 1. The van der Waals surface area contributed by atoms with E-state index >= 15 is 0 Å². The van der Waals surface area contributed by atoms with Gasteiger partial charge in [-0.25, -0.2) is 0 Å². The molecule has 1 unspecified atom stereocenters. The first-order chi connectivity index (χ1) is 14.5. The van der Waals surface area contributed by atoms with Gasteiger partial charge in [-0.2, -0.15) is 0 Å². The molecule has 0 saturated carbocycles. The second-order valence-electron chi connectivity index (χ2n) is 6.97. The van der Waals surface area contributed by atoms with E-state index in [1.807, 2.05) is 24.3 Å². The third-order valence-corrected chi connectivity index (χ3v) is 6.79. The van der Waals surface area contributed by atoms with Gasteiger partial charge in [-0.3, -0.25) is 9.00 Å². The second-order valence-corrected chi connectivity index (χ2v) is 9.29. The topological polar surface area (TPSA) is 53.8 Å². The van der Waals surface area contributed by atoms with Crippen molar-refractivity contribution in [2.24, 2.45) is 0 Å². The summed E-state index contributed by atoms with van der Waals surface area (Å²) in [5, 5.41) is 1.29. The van der Waals surface area contributed by atoms with E-state index in [2.05, 4.69) is 4.90 Å². The number of rotatable bonds is 5. The zero-order valence-electron chi connectivity index (χ0n) is 16.1. The minimum Gasteiger partial charge on any atom is -0.455 e. The minimum atomic E-state index is -1.27. The summed E-state index contributed by atoms with van der Waals surface area (Å²) in [6.45, 7) is 2.64. The lowest BCUT2D eigenvalue weighted by atomic mass is 10.2. The van der Waals surface area contributed by atoms with Crippen molar-refractivity contribution in [3.05, 3.63) is 82.2 Å². The van der Waals surface area contributed by atoms with Crippen LogP contribution < -0.4 is 4.90 Å². The van der Waals surface area contributed by atoms with Crippen LogP contribution in [0, 0.1) is 0 Å². The predicted molar refractivity (Wildman–Crippen MR) is 120 cm³/mol. The van der Waals surface area contributed by atoms with Crippen LogP contribution in [0.4, 0.5) is 5.69 Å². The fourth-order valence-corrected chi connectivity index (χ4v) is 4.70. The predicted octanol–water partition coefficient (Wildman–Crippen LogP) is 4.86. The van der Waals surface area contributed by atoms with Crippen LogP contribution in [-0.4, -0.2) is 41.2 Å². The Bertz CT molecular complexity index is 1060. The SMILES string of the molecule is O=C(c1ccc(CS(=O)c2ccc(Cl)cc2)o1)N1CCN(c2cccc(Cl)c2)CC1. The highest BCUT2D eigenvalue weighted by Crippen LogP contribution is 2.22. The fraction of sp³-hybridized carbons (Fsp3) is 0.227. The van der Waals surface area contributed by atoms with Crippen molar-refractivity contribution >= 4 is 45.6 Å². The van der Waals surface area contributed by atoms with Gasteiger partial charge in [-0.05, 0) is 54.6 Å². The number of anilines is 1. The summed E-state index contributed by atoms with van der Waals surface area (Å²) in [5.41, 5.74) is 1.06. The molecular weight excluding hydrogens is 443 g/mol. The Balaban J connectivity index is 1.35. The number of piperazine rings is 1. The number of amides is 1. The molecule has 0 radical (unpaired) electrons. The molecular formula is C22H20Cl2N2O3S. The van der Waals surface area contributed by atoms with Gasteiger partial charge in [0.05, 0.1) is 16.6 Å². The maximum Gasteiger partial charge on any atom is 0.289 e. The fourth-order valence-electron chi connectivity index (χ4n) is 3.37. The van der Waals surface area contributed by atoms with E-state index in [9.17, 15) is 9.00 Å². The molecule has 0 aliphatic carbocycles. The van der Waals surface area contributed by atoms with Gasteiger partial charge in [0.2, 0.25) is 0 Å². The Morgan fingerprint density at radius 2 is 1.67 bits per heavy atom. The van der Waals surface area contributed by atoms with Gasteiger partial charge in [-0.1, -0.05) is 29.3 Å². The zero-order chi connectivity index (χ0) is 21.1. The molecule has 1 amide bonds. The van der Waals surface area contributed by atoms with Crippen molar-refractivity contribution in [3.63, 3.8) is 0 Å². The maximum absolute atomic E-state index is 12.8. The number of hydrogen-bond donors (Lipinski definition) is 0. The quantitative estimate of drug-likeness (QED) is 0.543. The van der Waals surface area contributed by atoms with Crippen molar-refractivity contribution in [2.75, 3.05) is 31.1 Å². The van der Waals surface area contributed by atoms with Crippen LogP contribution in [0.1, 0.15) is 16.3 Å². The number of nitrogens with zero attached hydrogens (tertiary/aromatic N) is 2. The summed E-state index contributed by atoms with van der Waals surface area (Å²) >= 11 is 11.9. The molecule has 1 aliphatic heterocycles. The van der Waals surface area contributed by atoms with Crippen LogP contribution in [0.2, 0.25) is 10.0 Å². The normalized spacial score (nSPS) is 15.3. The molecule has 1 fully saturated rings. The van der Waals surface area contributed by atoms with E-state index in [4.69, 9.17) is 27.6 Å². The molecule has 1 saturated heterocycles. The average Bonchev–Trinajstić information content (AvgIpc) is 3.22. The molecule has 1 atom stereocenters. The zero-order valence-corrected chi connectivity index (χ0v) is 18.4. The lowest BCUT2D eigenvalue weighted by Gasteiger charge is -2.35. The standard InChI is InChI=1S/C22H20Cl2N2O3S/c23-16-4-7-20(8-5-16)30(28)15-19-6-9-21(29-19)22(27)26-12-10-25(11-13-26)18-3-1-2-17(24)14-18/h1-9,14H,10-13,15H2. The Labute approximate surface area is 187 Å². The molecule has 156 valence electrons. The highest BCUT2D eigenvalue weighted by atomic mass is 35.5. The third kappa shape index (κ3) is 4.89. The molecule has 2 heterocycles. The molecule has 0 bridgehead atoms. The molecule has 8 heteroatoms. The van der Waals surface area contributed by atoms with Crippen molar-refractivity contribution in [3.8, 4) is 0 Å². The first-order valence-electron chi connectivity index (χ1n) is 9.52. The van der Waals surface area contributed by atoms with Crippen LogP contribution >= 0.6 is 23.2 Å². The van der Waals surface area contributed by atoms with E-state index in [0.717, 1.165) is 18.8 Å². The largest absolute Gasteiger partial charge is 0.455 e. The van der Waals surface area contributed by atoms with Gasteiger partial charge in [0.15, 0.2) is 5.76 Å². The van der Waals surface area contributed by atoms with Crippen molar-refractivity contribution in [2.45, 2.75) is 10.6 Å². The molecule has 1 aromatic heterocycles. The summed E-state index contributed by atoms with van der Waals surface area (Å²) < 4.78 is 18.2. The van der Waals surface area contributed by atoms with E-state index in [1.165, 1.54) is 0 Å². The van der Waals surface area contributed by atoms with E-state index in [1.54, 1.807) is 41.3 Å². The molecule has 0 N–H and O–H groups in total. The van der Waals surface area contributed by atoms with Gasteiger partial charge in [0.1, 0.15) is 5.76 Å². The molecule has 2 aromatic carbocycles. The molecule has 3 aromatic rings. The smallest absolute Gasteiger partial charge is 0.289 e. The minimum absolute atomic E-state index is 0.149. The summed E-state index contributed by atoms with van der Waals surface area (Å²) in [4.78, 5) is 17.5. The van der Waals surface area contributed by atoms with Crippen LogP contribution in [-0.2, 0) is 16.6 Å². The van der Waals surface area contributed by atoms with E-state index in [-0.39, 0.29) is 17.4 Å². The Morgan fingerprint density at radius 1 is 0.933 bits per heavy atom. The van der Waals surface area contributed by atoms with E-state index in [0.29, 0.717) is 33.8 Å². The van der Waals surface area contributed by atoms with Crippen LogP contribution in [0.25, 0.3) is 0 Å². The number of halogens is 2. The number of carbonyl (C=O) groups is 1. The van der Waals surface area contributed by atoms with Crippen LogP contribution in [0.15, 0.2) is 70.0 Å². The maximum atomic E-state index is 12.8. The van der Waals surface area contributed by atoms with Gasteiger partial charge < -0.3 is 14.2 Å². The van der Waals surface area contributed by atoms with Gasteiger partial charge in [-0.15, -0.1) is 0 Å². The molecule has 0 spiro atoms. The Hall–Kier alpha value is -2.28. The second kappa shape index (κ2) is 9.25. The third-order valence-electron chi connectivity index (χ3n) is 4.96. The van der Waals surface area contributed by atoms with Crippen molar-refractivity contribution in [1.82, 2.24) is 4.90 Å². The lowest BCUT2D eigenvalue weighted by molar-refractivity contribution is 0.0713. The van der Waals surface area contributed by atoms with Crippen molar-refractivity contribution in [1.29, 1.82) is 0 Å². The highest BCUT2D eigenvalue weighted by Gasteiger charge is 2.24. The molecule has 5 nitrogen and oxygen atoms in total. The summed E-state index contributed by atoms with van der Waals surface area (Å²) in [5.74, 6) is 0.847. The molecule has 30 heavy (non-hydrogen) atoms. The molecule has 1 aliphatic rings. The van der Waals surface area contributed by atoms with Crippen LogP contribution in [0.3, 0.4) is 0 Å². The van der Waals surface area contributed by atoms with Gasteiger partial charge in [0.25, 0.3) is 5.91 Å². The lowest BCUT2D eigenvalue weighted by Crippen LogP contribution is -2.48. The number of hydrogen-bond acceptors (Lipinski definition) is 4. The molecule has 4 rings (SSSR count).